The minimum atomic E-state index is -0.212. The zero-order chi connectivity index (χ0) is 22.2. The molecule has 0 spiro atoms. The Morgan fingerprint density at radius 1 is 1.06 bits per heavy atom. The number of hydrogen-bond acceptors (Lipinski definition) is 4. The van der Waals surface area contributed by atoms with Gasteiger partial charge in [-0.05, 0) is 42.8 Å². The Balaban J connectivity index is 1.61. The highest BCUT2D eigenvalue weighted by molar-refractivity contribution is 6.33. The number of amides is 2. The smallest absolute Gasteiger partial charge is 0.255 e. The first kappa shape index (κ1) is 22.9. The van der Waals surface area contributed by atoms with Crippen LogP contribution < -0.4 is 15.0 Å². The maximum absolute atomic E-state index is 12.7. The molecule has 1 aliphatic heterocycles. The van der Waals surface area contributed by atoms with Gasteiger partial charge in [-0.2, -0.15) is 0 Å². The second-order valence-electron chi connectivity index (χ2n) is 7.57. The van der Waals surface area contributed by atoms with Crippen molar-refractivity contribution < 1.29 is 14.3 Å². The van der Waals surface area contributed by atoms with Gasteiger partial charge in [-0.25, -0.2) is 0 Å². The van der Waals surface area contributed by atoms with Gasteiger partial charge >= 0.3 is 0 Å². The number of piperazine rings is 1. The van der Waals surface area contributed by atoms with Gasteiger partial charge in [0.25, 0.3) is 5.91 Å². The molecule has 1 N–H and O–H groups in total. The third-order valence-corrected chi connectivity index (χ3v) is 5.65. The first-order chi connectivity index (χ1) is 15.0. The summed E-state index contributed by atoms with van der Waals surface area (Å²) in [4.78, 5) is 28.6. The van der Waals surface area contributed by atoms with Crippen molar-refractivity contribution in [3.8, 4) is 5.75 Å². The second-order valence-corrected chi connectivity index (χ2v) is 7.98. The van der Waals surface area contributed by atoms with E-state index in [1.165, 1.54) is 0 Å². The number of nitrogens with one attached hydrogen (secondary N) is 1. The maximum Gasteiger partial charge on any atom is 0.255 e. The molecule has 6 nitrogen and oxygen atoms in total. The maximum atomic E-state index is 12.7. The first-order valence-corrected chi connectivity index (χ1v) is 11.3. The van der Waals surface area contributed by atoms with E-state index in [0.29, 0.717) is 48.1 Å². The first-order valence-electron chi connectivity index (χ1n) is 10.9. The van der Waals surface area contributed by atoms with Crippen molar-refractivity contribution in [2.24, 2.45) is 0 Å². The molecule has 2 aromatic carbocycles. The van der Waals surface area contributed by atoms with Crippen molar-refractivity contribution in [3.63, 3.8) is 0 Å². The summed E-state index contributed by atoms with van der Waals surface area (Å²) < 4.78 is 5.69. The molecule has 1 saturated heterocycles. The van der Waals surface area contributed by atoms with E-state index >= 15 is 0 Å². The van der Waals surface area contributed by atoms with Crippen LogP contribution in [0, 0.1) is 0 Å². The fourth-order valence-electron chi connectivity index (χ4n) is 3.53. The molecule has 7 heteroatoms. The van der Waals surface area contributed by atoms with Crippen LogP contribution in [0.15, 0.2) is 42.5 Å². The van der Waals surface area contributed by atoms with Gasteiger partial charge in [-0.15, -0.1) is 0 Å². The van der Waals surface area contributed by atoms with Crippen LogP contribution in [0.25, 0.3) is 0 Å². The van der Waals surface area contributed by atoms with Crippen LogP contribution in [0.4, 0.5) is 11.4 Å². The van der Waals surface area contributed by atoms with Crippen LogP contribution in [0.2, 0.25) is 5.02 Å². The number of ether oxygens (including phenoxy) is 1. The normalized spacial score (nSPS) is 13.8. The molecule has 1 aliphatic rings. The van der Waals surface area contributed by atoms with Gasteiger partial charge in [0, 0.05) is 43.9 Å². The molecule has 31 heavy (non-hydrogen) atoms. The van der Waals surface area contributed by atoms with Crippen molar-refractivity contribution >= 4 is 34.8 Å². The third-order valence-electron chi connectivity index (χ3n) is 5.34. The predicted octanol–water partition coefficient (Wildman–Crippen LogP) is 4.83. The summed E-state index contributed by atoms with van der Waals surface area (Å²) in [6.45, 7) is 7.49. The fraction of sp³-hybridized carbons (Fsp3) is 0.417. The largest absolute Gasteiger partial charge is 0.494 e. The van der Waals surface area contributed by atoms with Gasteiger partial charge in [0.05, 0.1) is 17.3 Å². The number of halogens is 1. The van der Waals surface area contributed by atoms with E-state index in [1.54, 1.807) is 18.2 Å². The van der Waals surface area contributed by atoms with Gasteiger partial charge in [0.2, 0.25) is 5.91 Å². The average Bonchev–Trinajstić information content (AvgIpc) is 2.79. The summed E-state index contributed by atoms with van der Waals surface area (Å²) in [5.74, 6) is 0.662. The lowest BCUT2D eigenvalue weighted by molar-refractivity contribution is -0.131. The van der Waals surface area contributed by atoms with Gasteiger partial charge in [0.1, 0.15) is 5.75 Å². The number of unbranched alkanes of at least 4 members (excludes halogenated alkanes) is 1. The van der Waals surface area contributed by atoms with Gasteiger partial charge in [-0.1, -0.05) is 37.9 Å². The molecule has 0 unspecified atom stereocenters. The molecule has 2 aromatic rings. The average molecular weight is 444 g/mol. The number of carbonyl (C=O) groups excluding carboxylic acids is 2. The minimum Gasteiger partial charge on any atom is -0.494 e. The van der Waals surface area contributed by atoms with Crippen molar-refractivity contribution in [2.45, 2.75) is 33.1 Å². The molecule has 0 saturated carbocycles. The summed E-state index contributed by atoms with van der Waals surface area (Å²) in [5.41, 5.74) is 2.08. The zero-order valence-corrected chi connectivity index (χ0v) is 19.0. The van der Waals surface area contributed by atoms with Crippen molar-refractivity contribution in [1.29, 1.82) is 0 Å². The van der Waals surface area contributed by atoms with Gasteiger partial charge in [0.15, 0.2) is 0 Å². The highest BCUT2D eigenvalue weighted by Crippen LogP contribution is 2.30. The van der Waals surface area contributed by atoms with Crippen LogP contribution in [-0.4, -0.2) is 49.5 Å². The molecule has 2 amide bonds. The number of carbonyl (C=O) groups is 2. The zero-order valence-electron chi connectivity index (χ0n) is 18.2. The van der Waals surface area contributed by atoms with E-state index in [4.69, 9.17) is 16.3 Å². The van der Waals surface area contributed by atoms with Gasteiger partial charge in [-0.3, -0.25) is 9.59 Å². The standard InChI is InChI=1S/C24H30ClN3O3/c1-3-5-15-31-20-8-6-7-18(16-20)24(30)26-19-9-10-22(21(25)17-19)27-11-13-28(14-12-27)23(29)4-2/h6-10,16-17H,3-5,11-15H2,1-2H3,(H,26,30). The number of benzene rings is 2. The molecule has 3 rings (SSSR count). The number of anilines is 2. The Bertz CT molecular complexity index is 911. The van der Waals surface area contributed by atoms with Crippen LogP contribution in [0.3, 0.4) is 0 Å². The molecular formula is C24H30ClN3O3. The fourth-order valence-corrected chi connectivity index (χ4v) is 3.83. The SMILES string of the molecule is CCCCOc1cccc(C(=O)Nc2ccc(N3CCN(C(=O)CC)CC3)c(Cl)c2)c1. The van der Waals surface area contributed by atoms with E-state index in [-0.39, 0.29) is 11.8 Å². The van der Waals surface area contributed by atoms with Crippen LogP contribution in [-0.2, 0) is 4.79 Å². The molecule has 166 valence electrons. The lowest BCUT2D eigenvalue weighted by Crippen LogP contribution is -2.48. The number of rotatable bonds is 8. The Hall–Kier alpha value is -2.73. The van der Waals surface area contributed by atoms with E-state index in [9.17, 15) is 9.59 Å². The van der Waals surface area contributed by atoms with Crippen molar-refractivity contribution in [1.82, 2.24) is 4.90 Å². The molecule has 0 aliphatic carbocycles. The van der Waals surface area contributed by atoms with E-state index in [0.717, 1.165) is 31.6 Å². The highest BCUT2D eigenvalue weighted by Gasteiger charge is 2.21. The summed E-state index contributed by atoms with van der Waals surface area (Å²) in [6.07, 6.45) is 2.57. The van der Waals surface area contributed by atoms with E-state index in [1.807, 2.05) is 36.1 Å². The lowest BCUT2D eigenvalue weighted by Gasteiger charge is -2.36. The quantitative estimate of drug-likeness (QED) is 0.593. The van der Waals surface area contributed by atoms with E-state index in [2.05, 4.69) is 17.1 Å². The second kappa shape index (κ2) is 11.0. The predicted molar refractivity (Wildman–Crippen MR) is 125 cm³/mol. The van der Waals surface area contributed by atoms with E-state index < -0.39 is 0 Å². The van der Waals surface area contributed by atoms with Crippen LogP contribution in [0.1, 0.15) is 43.5 Å². The highest BCUT2D eigenvalue weighted by atomic mass is 35.5. The molecule has 0 aromatic heterocycles. The molecule has 1 fully saturated rings. The number of hydrogen-bond donors (Lipinski definition) is 1. The summed E-state index contributed by atoms with van der Waals surface area (Å²) in [5, 5.41) is 3.48. The van der Waals surface area contributed by atoms with Crippen molar-refractivity contribution in [2.75, 3.05) is 43.0 Å². The summed E-state index contributed by atoms with van der Waals surface area (Å²) >= 11 is 6.52. The van der Waals surface area contributed by atoms with Crippen molar-refractivity contribution in [3.05, 3.63) is 53.1 Å². The van der Waals surface area contributed by atoms with Gasteiger partial charge < -0.3 is 19.9 Å². The van der Waals surface area contributed by atoms with Crippen LogP contribution in [0.5, 0.6) is 5.75 Å². The molecular weight excluding hydrogens is 414 g/mol. The Labute approximate surface area is 189 Å². The third kappa shape index (κ3) is 6.14. The van der Waals surface area contributed by atoms with Crippen LogP contribution >= 0.6 is 11.6 Å². The Morgan fingerprint density at radius 3 is 2.52 bits per heavy atom. The Morgan fingerprint density at radius 2 is 1.84 bits per heavy atom. The molecule has 0 atom stereocenters. The topological polar surface area (TPSA) is 61.9 Å². The molecule has 0 radical (unpaired) electrons. The monoisotopic (exact) mass is 443 g/mol. The summed E-state index contributed by atoms with van der Waals surface area (Å²) in [6, 6.07) is 12.7. The molecule has 1 heterocycles. The molecule has 0 bridgehead atoms. The summed E-state index contributed by atoms with van der Waals surface area (Å²) in [7, 11) is 0. The minimum absolute atomic E-state index is 0.184. The lowest BCUT2D eigenvalue weighted by atomic mass is 10.2. The Kier molecular flexibility index (Phi) is 8.18. The number of nitrogens with zero attached hydrogens (tertiary/aromatic N) is 2.